The minimum atomic E-state index is -4.56. The van der Waals surface area contributed by atoms with Crippen molar-refractivity contribution < 1.29 is 27.4 Å². The number of amides is 1. The van der Waals surface area contributed by atoms with Gasteiger partial charge in [-0.2, -0.15) is 18.3 Å². The molecular formula is C25H31F3N4O3. The molecule has 1 aliphatic carbocycles. The molecule has 3 fully saturated rings. The minimum absolute atomic E-state index is 0.0513. The van der Waals surface area contributed by atoms with Crippen molar-refractivity contribution in [2.75, 3.05) is 40.0 Å². The van der Waals surface area contributed by atoms with Gasteiger partial charge in [0.2, 0.25) is 5.91 Å². The first-order valence-corrected chi connectivity index (χ1v) is 12.2. The third-order valence-corrected chi connectivity index (χ3v) is 7.44. The fraction of sp³-hybridized carbons (Fsp3) is 0.600. The first-order valence-electron chi connectivity index (χ1n) is 12.2. The van der Waals surface area contributed by atoms with Crippen molar-refractivity contribution >= 4 is 5.91 Å². The monoisotopic (exact) mass is 492 g/mol. The van der Waals surface area contributed by atoms with Crippen LogP contribution in [0.2, 0.25) is 0 Å². The Morgan fingerprint density at radius 3 is 2.57 bits per heavy atom. The van der Waals surface area contributed by atoms with Gasteiger partial charge in [-0.25, -0.2) is 0 Å². The summed E-state index contributed by atoms with van der Waals surface area (Å²) in [4.78, 5) is 17.7. The first kappa shape index (κ1) is 24.1. The van der Waals surface area contributed by atoms with Gasteiger partial charge in [0.1, 0.15) is 18.0 Å². The average Bonchev–Trinajstić information content (AvgIpc) is 3.44. The first-order chi connectivity index (χ1) is 16.8. The van der Waals surface area contributed by atoms with Crippen LogP contribution in [0.4, 0.5) is 13.2 Å². The second-order valence-electron chi connectivity index (χ2n) is 9.59. The number of carbonyl (C=O) groups is 1. The van der Waals surface area contributed by atoms with E-state index in [1.807, 2.05) is 25.1 Å². The van der Waals surface area contributed by atoms with Crippen molar-refractivity contribution in [3.8, 4) is 5.75 Å². The van der Waals surface area contributed by atoms with Crippen molar-refractivity contribution in [1.82, 2.24) is 19.6 Å². The highest BCUT2D eigenvalue weighted by Gasteiger charge is 2.44. The van der Waals surface area contributed by atoms with Crippen LogP contribution in [-0.4, -0.2) is 71.5 Å². The topological polar surface area (TPSA) is 59.8 Å². The quantitative estimate of drug-likeness (QED) is 0.615. The number of alkyl halides is 3. The predicted octanol–water partition coefficient (Wildman–Crippen LogP) is 3.77. The zero-order chi connectivity index (χ0) is 24.7. The smallest absolute Gasteiger partial charge is 0.433 e. The van der Waals surface area contributed by atoms with Crippen LogP contribution in [0.15, 0.2) is 24.3 Å². The van der Waals surface area contributed by atoms with Crippen LogP contribution in [-0.2, 0) is 22.3 Å². The van der Waals surface area contributed by atoms with E-state index >= 15 is 0 Å². The largest absolute Gasteiger partial charge is 0.496 e. The molecule has 10 heteroatoms. The molecule has 1 saturated carbocycles. The molecule has 0 N–H and O–H groups in total. The third kappa shape index (κ3) is 4.78. The number of aromatic nitrogens is 2. The second-order valence-corrected chi connectivity index (χ2v) is 9.59. The number of carbonyl (C=O) groups excluding carboxylic acids is 1. The van der Waals surface area contributed by atoms with E-state index < -0.39 is 18.4 Å². The number of benzene rings is 1. The van der Waals surface area contributed by atoms with Gasteiger partial charge in [0.15, 0.2) is 0 Å². The molecule has 2 saturated heterocycles. The van der Waals surface area contributed by atoms with Crippen LogP contribution in [0.1, 0.15) is 53.7 Å². The SMILES string of the molecule is COc1cccc([C@H]2[C@@H](N3CCOCC3)CCN2C(=O)Cn2nc(C3CC3)cc2C(F)(F)F)c1C. The Balaban J connectivity index is 1.46. The van der Waals surface area contributed by atoms with Crippen molar-refractivity contribution in [3.05, 3.63) is 46.8 Å². The van der Waals surface area contributed by atoms with Gasteiger partial charge in [-0.3, -0.25) is 14.4 Å². The third-order valence-electron chi connectivity index (χ3n) is 7.44. The Hall–Kier alpha value is -2.59. The standard InChI is InChI=1S/C25H31F3N4O3/c1-16-18(4-3-5-21(16)34-2)24-20(30-10-12-35-13-11-30)8-9-31(24)23(33)15-32-22(25(26,27)28)14-19(29-32)17-6-7-17/h3-5,14,17,20,24H,6-13,15H2,1-2H3/t20-,24-/m0/s1. The molecule has 190 valence electrons. The number of halogens is 3. The molecule has 2 aliphatic heterocycles. The number of nitrogens with zero attached hydrogens (tertiary/aromatic N) is 4. The summed E-state index contributed by atoms with van der Waals surface area (Å²) in [5.41, 5.74) is 1.47. The Morgan fingerprint density at radius 2 is 1.91 bits per heavy atom. The average molecular weight is 493 g/mol. The lowest BCUT2D eigenvalue weighted by molar-refractivity contribution is -0.146. The van der Waals surface area contributed by atoms with E-state index in [1.165, 1.54) is 0 Å². The number of hydrogen-bond acceptors (Lipinski definition) is 5. The molecule has 1 aromatic heterocycles. The molecule has 2 atom stereocenters. The molecule has 5 rings (SSSR count). The summed E-state index contributed by atoms with van der Waals surface area (Å²) in [6.45, 7) is 4.77. The highest BCUT2D eigenvalue weighted by molar-refractivity contribution is 5.77. The van der Waals surface area contributed by atoms with Gasteiger partial charge < -0.3 is 14.4 Å². The highest BCUT2D eigenvalue weighted by Crippen LogP contribution is 2.42. The molecule has 2 aromatic rings. The lowest BCUT2D eigenvalue weighted by Gasteiger charge is -2.38. The molecule has 0 spiro atoms. The number of morpholine rings is 1. The highest BCUT2D eigenvalue weighted by atomic mass is 19.4. The van der Waals surface area contributed by atoms with Crippen LogP contribution in [0.25, 0.3) is 0 Å². The van der Waals surface area contributed by atoms with E-state index in [-0.39, 0.29) is 23.9 Å². The van der Waals surface area contributed by atoms with Crippen molar-refractivity contribution in [3.63, 3.8) is 0 Å². The Morgan fingerprint density at radius 1 is 1.17 bits per heavy atom. The molecule has 3 heterocycles. The van der Waals surface area contributed by atoms with Crippen molar-refractivity contribution in [2.45, 2.75) is 56.9 Å². The van der Waals surface area contributed by atoms with Crippen molar-refractivity contribution in [2.24, 2.45) is 0 Å². The van der Waals surface area contributed by atoms with Gasteiger partial charge in [-0.05, 0) is 49.4 Å². The maximum absolute atomic E-state index is 13.7. The summed E-state index contributed by atoms with van der Waals surface area (Å²) >= 11 is 0. The Kier molecular flexibility index (Phi) is 6.52. The van der Waals surface area contributed by atoms with Crippen LogP contribution in [0, 0.1) is 6.92 Å². The number of rotatable bonds is 6. The molecule has 7 nitrogen and oxygen atoms in total. The summed E-state index contributed by atoms with van der Waals surface area (Å²) < 4.78 is 53.1. The molecule has 1 amide bonds. The number of hydrogen-bond donors (Lipinski definition) is 0. The summed E-state index contributed by atoms with van der Waals surface area (Å²) in [7, 11) is 1.61. The summed E-state index contributed by atoms with van der Waals surface area (Å²) in [6, 6.07) is 6.63. The van der Waals surface area contributed by atoms with Gasteiger partial charge >= 0.3 is 6.18 Å². The maximum Gasteiger partial charge on any atom is 0.433 e. The Labute approximate surface area is 202 Å². The molecule has 0 unspecified atom stereocenters. The summed E-state index contributed by atoms with van der Waals surface area (Å²) in [5, 5.41) is 4.20. The summed E-state index contributed by atoms with van der Waals surface area (Å²) in [6.07, 6.45) is -2.14. The van der Waals surface area contributed by atoms with Gasteiger partial charge in [-0.1, -0.05) is 12.1 Å². The fourth-order valence-corrected chi connectivity index (χ4v) is 5.48. The van der Waals surface area contributed by atoms with E-state index in [0.717, 1.165) is 60.0 Å². The van der Waals surface area contributed by atoms with Gasteiger partial charge in [-0.15, -0.1) is 0 Å². The van der Waals surface area contributed by atoms with E-state index in [1.54, 1.807) is 12.0 Å². The predicted molar refractivity (Wildman–Crippen MR) is 122 cm³/mol. The molecule has 1 aromatic carbocycles. The maximum atomic E-state index is 13.7. The lowest BCUT2D eigenvalue weighted by atomic mass is 9.94. The minimum Gasteiger partial charge on any atom is -0.496 e. The second kappa shape index (κ2) is 9.46. The van der Waals surface area contributed by atoms with E-state index in [4.69, 9.17) is 9.47 Å². The fourth-order valence-electron chi connectivity index (χ4n) is 5.48. The van der Waals surface area contributed by atoms with E-state index in [9.17, 15) is 18.0 Å². The van der Waals surface area contributed by atoms with Gasteiger partial charge in [0.05, 0.1) is 32.1 Å². The van der Waals surface area contributed by atoms with Crippen LogP contribution >= 0.6 is 0 Å². The van der Waals surface area contributed by atoms with Crippen LogP contribution < -0.4 is 4.74 Å². The van der Waals surface area contributed by atoms with Crippen molar-refractivity contribution in [1.29, 1.82) is 0 Å². The van der Waals surface area contributed by atoms with Crippen LogP contribution in [0.3, 0.4) is 0 Å². The number of ether oxygens (including phenoxy) is 2. The normalized spacial score (nSPS) is 23.6. The Bertz CT molecular complexity index is 1080. The number of likely N-dealkylation sites (tertiary alicyclic amines) is 1. The zero-order valence-corrected chi connectivity index (χ0v) is 20.1. The number of methoxy groups -OCH3 is 1. The molecule has 3 aliphatic rings. The van der Waals surface area contributed by atoms with E-state index in [0.29, 0.717) is 25.5 Å². The molecule has 0 radical (unpaired) electrons. The van der Waals surface area contributed by atoms with Gasteiger partial charge in [0, 0.05) is 31.6 Å². The molecule has 35 heavy (non-hydrogen) atoms. The lowest BCUT2D eigenvalue weighted by Crippen LogP contribution is -2.47. The molecular weight excluding hydrogens is 461 g/mol. The summed E-state index contributed by atoms with van der Waals surface area (Å²) in [5.74, 6) is 0.434. The van der Waals surface area contributed by atoms with Gasteiger partial charge in [0.25, 0.3) is 0 Å². The molecule has 0 bridgehead atoms. The zero-order valence-electron chi connectivity index (χ0n) is 20.1. The van der Waals surface area contributed by atoms with E-state index in [2.05, 4.69) is 10.00 Å². The van der Waals surface area contributed by atoms with Crippen LogP contribution in [0.5, 0.6) is 5.75 Å².